The third-order valence-corrected chi connectivity index (χ3v) is 5.58. The molecular weight excluding hydrogens is 356 g/mol. The molecule has 1 N–H and O–H groups in total. The van der Waals surface area contributed by atoms with Crippen molar-refractivity contribution in [3.8, 4) is 11.5 Å². The summed E-state index contributed by atoms with van der Waals surface area (Å²) in [5, 5.41) is 11.0. The lowest BCUT2D eigenvalue weighted by atomic mass is 9.87. The molecule has 1 fully saturated rings. The van der Waals surface area contributed by atoms with Crippen molar-refractivity contribution in [2.24, 2.45) is 5.92 Å². The van der Waals surface area contributed by atoms with E-state index in [-0.39, 0.29) is 12.0 Å². The van der Waals surface area contributed by atoms with Gasteiger partial charge in [-0.05, 0) is 24.5 Å². The molecule has 150 valence electrons. The second kappa shape index (κ2) is 9.08. The molecule has 1 aromatic heterocycles. The minimum atomic E-state index is -0.193. The highest BCUT2D eigenvalue weighted by molar-refractivity contribution is 5.91. The van der Waals surface area contributed by atoms with E-state index in [1.54, 1.807) is 10.9 Å². The van der Waals surface area contributed by atoms with Crippen LogP contribution in [0.3, 0.4) is 0 Å². The van der Waals surface area contributed by atoms with Crippen molar-refractivity contribution in [2.45, 2.75) is 57.6 Å². The molecule has 1 aliphatic heterocycles. The van der Waals surface area contributed by atoms with Crippen molar-refractivity contribution >= 4 is 5.91 Å². The molecule has 0 spiro atoms. The van der Waals surface area contributed by atoms with Gasteiger partial charge in [0.05, 0.1) is 6.20 Å². The van der Waals surface area contributed by atoms with Crippen molar-refractivity contribution in [1.82, 2.24) is 20.3 Å². The Bertz CT molecular complexity index is 785. The maximum atomic E-state index is 12.3. The zero-order chi connectivity index (χ0) is 19.2. The number of benzene rings is 1. The Hall–Kier alpha value is -2.57. The van der Waals surface area contributed by atoms with E-state index in [9.17, 15) is 4.79 Å². The molecule has 1 saturated carbocycles. The Morgan fingerprint density at radius 2 is 1.96 bits per heavy atom. The van der Waals surface area contributed by atoms with Gasteiger partial charge in [0.15, 0.2) is 17.2 Å². The predicted molar refractivity (Wildman–Crippen MR) is 105 cm³/mol. The number of para-hydroxylation sites is 2. The summed E-state index contributed by atoms with van der Waals surface area (Å²) in [5.41, 5.74) is 0.370. The van der Waals surface area contributed by atoms with Crippen LogP contribution in [0.15, 0.2) is 30.5 Å². The monoisotopic (exact) mass is 384 g/mol. The summed E-state index contributed by atoms with van der Waals surface area (Å²) >= 11 is 0. The maximum absolute atomic E-state index is 12.3. The fourth-order valence-corrected chi connectivity index (χ4v) is 3.94. The van der Waals surface area contributed by atoms with Gasteiger partial charge in [0, 0.05) is 19.5 Å². The number of aryl methyl sites for hydroxylation is 1. The molecule has 1 amide bonds. The Kier molecular flexibility index (Phi) is 6.09. The van der Waals surface area contributed by atoms with E-state index in [0.717, 1.165) is 30.4 Å². The van der Waals surface area contributed by atoms with Gasteiger partial charge in [-0.15, -0.1) is 5.10 Å². The number of fused-ring (bicyclic) bond motifs is 1. The van der Waals surface area contributed by atoms with Crippen LogP contribution >= 0.6 is 0 Å². The SMILES string of the molecule is O=C(NCCC1COc2ccccc2O1)c1cn(CCC2CCCCC2)nn1. The Morgan fingerprint density at radius 3 is 2.82 bits per heavy atom. The number of carbonyl (C=O) groups is 1. The van der Waals surface area contributed by atoms with Crippen molar-refractivity contribution in [3.05, 3.63) is 36.2 Å². The van der Waals surface area contributed by atoms with Gasteiger partial charge in [-0.25, -0.2) is 0 Å². The third kappa shape index (κ3) is 4.82. The molecule has 7 heteroatoms. The van der Waals surface area contributed by atoms with Gasteiger partial charge in [-0.3, -0.25) is 9.48 Å². The van der Waals surface area contributed by atoms with Gasteiger partial charge in [0.25, 0.3) is 5.91 Å². The lowest BCUT2D eigenvalue weighted by Gasteiger charge is -2.26. The van der Waals surface area contributed by atoms with Crippen LogP contribution in [0.4, 0.5) is 0 Å². The van der Waals surface area contributed by atoms with Crippen LogP contribution in [0.2, 0.25) is 0 Å². The second-order valence-corrected chi connectivity index (χ2v) is 7.70. The van der Waals surface area contributed by atoms with E-state index in [1.807, 2.05) is 24.3 Å². The first-order chi connectivity index (χ1) is 13.8. The molecule has 0 saturated heterocycles. The standard InChI is InChI=1S/C21H28N4O3/c26-21(18-14-25(24-23-18)13-11-16-6-2-1-3-7-16)22-12-10-17-15-27-19-8-4-5-9-20(19)28-17/h4-5,8-9,14,16-17H,1-3,6-7,10-13,15H2,(H,22,26). The lowest BCUT2D eigenvalue weighted by molar-refractivity contribution is 0.0811. The highest BCUT2D eigenvalue weighted by Gasteiger charge is 2.21. The summed E-state index contributed by atoms with van der Waals surface area (Å²) in [4.78, 5) is 12.3. The first kappa shape index (κ1) is 18.8. The van der Waals surface area contributed by atoms with Gasteiger partial charge < -0.3 is 14.8 Å². The summed E-state index contributed by atoms with van der Waals surface area (Å²) in [7, 11) is 0. The Balaban J connectivity index is 1.19. The molecule has 7 nitrogen and oxygen atoms in total. The zero-order valence-electron chi connectivity index (χ0n) is 16.2. The quantitative estimate of drug-likeness (QED) is 0.793. The molecule has 2 heterocycles. The molecule has 1 aromatic carbocycles. The number of carbonyl (C=O) groups excluding carboxylic acids is 1. The van der Waals surface area contributed by atoms with Crippen molar-refractivity contribution in [1.29, 1.82) is 0 Å². The van der Waals surface area contributed by atoms with E-state index in [2.05, 4.69) is 15.6 Å². The summed E-state index contributed by atoms with van der Waals surface area (Å²) < 4.78 is 13.4. The number of amides is 1. The molecule has 2 aromatic rings. The third-order valence-electron chi connectivity index (χ3n) is 5.58. The normalized spacial score (nSPS) is 19.4. The number of hydrogen-bond acceptors (Lipinski definition) is 5. The molecular formula is C21H28N4O3. The molecule has 0 bridgehead atoms. The number of rotatable bonds is 7. The Labute approximate surface area is 165 Å². The van der Waals surface area contributed by atoms with Crippen LogP contribution in [0.1, 0.15) is 55.4 Å². The molecule has 1 atom stereocenters. The van der Waals surface area contributed by atoms with Crippen LogP contribution in [-0.2, 0) is 6.54 Å². The van der Waals surface area contributed by atoms with Gasteiger partial charge >= 0.3 is 0 Å². The lowest BCUT2D eigenvalue weighted by Crippen LogP contribution is -2.34. The van der Waals surface area contributed by atoms with E-state index >= 15 is 0 Å². The molecule has 4 rings (SSSR count). The number of nitrogens with zero attached hydrogens (tertiary/aromatic N) is 3. The van der Waals surface area contributed by atoms with Crippen LogP contribution in [0.25, 0.3) is 0 Å². The van der Waals surface area contributed by atoms with Gasteiger partial charge in [0.1, 0.15) is 12.7 Å². The van der Waals surface area contributed by atoms with Crippen LogP contribution in [0.5, 0.6) is 11.5 Å². The number of nitrogens with one attached hydrogen (secondary N) is 1. The highest BCUT2D eigenvalue weighted by atomic mass is 16.6. The van der Waals surface area contributed by atoms with E-state index in [4.69, 9.17) is 9.47 Å². The van der Waals surface area contributed by atoms with Crippen LogP contribution < -0.4 is 14.8 Å². The summed E-state index contributed by atoms with van der Waals surface area (Å²) in [6, 6.07) is 7.63. The molecule has 2 aliphatic rings. The molecule has 1 aliphatic carbocycles. The van der Waals surface area contributed by atoms with E-state index in [0.29, 0.717) is 25.3 Å². The largest absolute Gasteiger partial charge is 0.486 e. The average Bonchev–Trinajstić information content (AvgIpc) is 3.22. The smallest absolute Gasteiger partial charge is 0.273 e. The fourth-order valence-electron chi connectivity index (χ4n) is 3.94. The maximum Gasteiger partial charge on any atom is 0.273 e. The van der Waals surface area contributed by atoms with Gasteiger partial charge in [0.2, 0.25) is 0 Å². The molecule has 0 radical (unpaired) electrons. The van der Waals surface area contributed by atoms with Gasteiger partial charge in [-0.2, -0.15) is 0 Å². The average molecular weight is 384 g/mol. The molecule has 1 unspecified atom stereocenters. The van der Waals surface area contributed by atoms with E-state index in [1.165, 1.54) is 32.1 Å². The summed E-state index contributed by atoms with van der Waals surface area (Å²) in [6.07, 6.45) is 10.2. The topological polar surface area (TPSA) is 78.3 Å². The van der Waals surface area contributed by atoms with E-state index < -0.39 is 0 Å². The predicted octanol–water partition coefficient (Wildman–Crippen LogP) is 3.21. The van der Waals surface area contributed by atoms with Gasteiger partial charge in [-0.1, -0.05) is 49.5 Å². The van der Waals surface area contributed by atoms with Crippen molar-refractivity contribution < 1.29 is 14.3 Å². The molecule has 28 heavy (non-hydrogen) atoms. The van der Waals surface area contributed by atoms with Crippen LogP contribution in [0, 0.1) is 5.92 Å². The summed E-state index contributed by atoms with van der Waals surface area (Å²) in [5.74, 6) is 2.12. The number of aromatic nitrogens is 3. The first-order valence-corrected chi connectivity index (χ1v) is 10.3. The Morgan fingerprint density at radius 1 is 1.14 bits per heavy atom. The highest BCUT2D eigenvalue weighted by Crippen LogP contribution is 2.31. The minimum absolute atomic E-state index is 0.0682. The fraction of sp³-hybridized carbons (Fsp3) is 0.571. The number of ether oxygens (including phenoxy) is 2. The van der Waals surface area contributed by atoms with Crippen LogP contribution in [-0.4, -0.2) is 40.2 Å². The second-order valence-electron chi connectivity index (χ2n) is 7.70. The summed E-state index contributed by atoms with van der Waals surface area (Å²) in [6.45, 7) is 1.83. The zero-order valence-corrected chi connectivity index (χ0v) is 16.2. The first-order valence-electron chi connectivity index (χ1n) is 10.3. The number of hydrogen-bond donors (Lipinski definition) is 1. The van der Waals surface area contributed by atoms with Crippen molar-refractivity contribution in [3.63, 3.8) is 0 Å². The minimum Gasteiger partial charge on any atom is -0.486 e. The van der Waals surface area contributed by atoms with Crippen molar-refractivity contribution in [2.75, 3.05) is 13.2 Å².